The summed E-state index contributed by atoms with van der Waals surface area (Å²) >= 11 is 6.03. The quantitative estimate of drug-likeness (QED) is 0.707. The Hall–Kier alpha value is -2.77. The zero-order valence-corrected chi connectivity index (χ0v) is 15.7. The van der Waals surface area contributed by atoms with Gasteiger partial charge in [0.05, 0.1) is 15.6 Å². The lowest BCUT2D eigenvalue weighted by Gasteiger charge is -2.09. The van der Waals surface area contributed by atoms with Gasteiger partial charge in [-0.3, -0.25) is 9.78 Å². The van der Waals surface area contributed by atoms with Gasteiger partial charge in [0.1, 0.15) is 5.82 Å². The molecule has 3 rings (SSSR count). The van der Waals surface area contributed by atoms with Crippen LogP contribution in [0.25, 0.3) is 11.3 Å². The highest BCUT2D eigenvalue weighted by Crippen LogP contribution is 2.28. The van der Waals surface area contributed by atoms with Crippen molar-refractivity contribution in [2.24, 2.45) is 0 Å². The summed E-state index contributed by atoms with van der Waals surface area (Å²) in [7, 11) is -3.32. The fraction of sp³-hybridized carbons (Fsp3) is 0.0526. The Kier molecular flexibility index (Phi) is 5.25. The number of carbonyl (C=O) groups is 1. The van der Waals surface area contributed by atoms with Crippen LogP contribution >= 0.6 is 11.6 Å². The maximum Gasteiger partial charge on any atom is 0.255 e. The number of sulfone groups is 1. The van der Waals surface area contributed by atoms with Crippen molar-refractivity contribution >= 4 is 33.0 Å². The van der Waals surface area contributed by atoms with Crippen molar-refractivity contribution in [3.63, 3.8) is 0 Å². The molecule has 1 amide bonds. The van der Waals surface area contributed by atoms with Crippen LogP contribution in [0.3, 0.4) is 0 Å². The number of carbonyl (C=O) groups excluding carboxylic acids is 1. The van der Waals surface area contributed by atoms with Crippen molar-refractivity contribution in [1.29, 1.82) is 0 Å². The number of amides is 1. The zero-order chi connectivity index (χ0) is 19.6. The van der Waals surface area contributed by atoms with E-state index in [0.717, 1.165) is 12.3 Å². The van der Waals surface area contributed by atoms with Gasteiger partial charge in [0.2, 0.25) is 0 Å². The second kappa shape index (κ2) is 7.46. The Bertz CT molecular complexity index is 1120. The maximum atomic E-state index is 14.5. The summed E-state index contributed by atoms with van der Waals surface area (Å²) in [5.41, 5.74) is 0.981. The molecular weight excluding hydrogens is 391 g/mol. The predicted molar refractivity (Wildman–Crippen MR) is 102 cm³/mol. The summed E-state index contributed by atoms with van der Waals surface area (Å²) < 4.78 is 37.4. The van der Waals surface area contributed by atoms with E-state index in [0.29, 0.717) is 16.4 Å². The molecular formula is C19H14ClFN2O3S. The molecule has 0 saturated carbocycles. The third-order valence-electron chi connectivity index (χ3n) is 3.79. The lowest BCUT2D eigenvalue weighted by Crippen LogP contribution is -2.12. The molecule has 1 N–H and O–H groups in total. The van der Waals surface area contributed by atoms with Crippen LogP contribution in [-0.4, -0.2) is 25.6 Å². The van der Waals surface area contributed by atoms with Crippen LogP contribution in [-0.2, 0) is 9.84 Å². The normalized spacial score (nSPS) is 11.2. The van der Waals surface area contributed by atoms with Gasteiger partial charge < -0.3 is 5.32 Å². The van der Waals surface area contributed by atoms with Gasteiger partial charge in [0.25, 0.3) is 5.91 Å². The first-order valence-corrected chi connectivity index (χ1v) is 10.0. The topological polar surface area (TPSA) is 76.1 Å². The number of anilines is 1. The van der Waals surface area contributed by atoms with Crippen molar-refractivity contribution in [3.8, 4) is 11.3 Å². The van der Waals surface area contributed by atoms with Gasteiger partial charge in [-0.05, 0) is 54.6 Å². The van der Waals surface area contributed by atoms with Crippen LogP contribution in [0.4, 0.5) is 10.1 Å². The third kappa shape index (κ3) is 4.32. The van der Waals surface area contributed by atoms with Crippen molar-refractivity contribution in [1.82, 2.24) is 4.98 Å². The van der Waals surface area contributed by atoms with E-state index in [1.54, 1.807) is 12.1 Å². The minimum Gasteiger partial charge on any atom is -0.322 e. The highest BCUT2D eigenvalue weighted by molar-refractivity contribution is 7.90. The summed E-state index contributed by atoms with van der Waals surface area (Å²) in [6.45, 7) is 0. The van der Waals surface area contributed by atoms with Crippen LogP contribution in [0.2, 0.25) is 5.02 Å². The van der Waals surface area contributed by atoms with Crippen molar-refractivity contribution in [3.05, 3.63) is 77.2 Å². The fourth-order valence-electron chi connectivity index (χ4n) is 2.42. The van der Waals surface area contributed by atoms with Gasteiger partial charge in [-0.1, -0.05) is 11.6 Å². The molecule has 1 heterocycles. The van der Waals surface area contributed by atoms with Crippen molar-refractivity contribution < 1.29 is 17.6 Å². The van der Waals surface area contributed by atoms with Crippen LogP contribution < -0.4 is 5.32 Å². The van der Waals surface area contributed by atoms with E-state index in [1.807, 2.05) is 0 Å². The number of hydrogen-bond donors (Lipinski definition) is 1. The minimum absolute atomic E-state index is 0.107. The summed E-state index contributed by atoms with van der Waals surface area (Å²) in [5, 5.41) is 2.90. The molecule has 2 aromatic carbocycles. The Morgan fingerprint density at radius 1 is 1.11 bits per heavy atom. The first-order valence-electron chi connectivity index (χ1n) is 7.77. The van der Waals surface area contributed by atoms with E-state index < -0.39 is 21.6 Å². The molecule has 0 aliphatic rings. The lowest BCUT2D eigenvalue weighted by molar-refractivity contribution is 0.102. The average Bonchev–Trinajstić information content (AvgIpc) is 2.62. The minimum atomic E-state index is -3.32. The lowest BCUT2D eigenvalue weighted by atomic mass is 10.1. The summed E-state index contributed by atoms with van der Waals surface area (Å²) in [6.07, 6.45) is 2.60. The molecule has 5 nitrogen and oxygen atoms in total. The number of aromatic nitrogens is 1. The fourth-order valence-corrected chi connectivity index (χ4v) is 3.27. The predicted octanol–water partition coefficient (Wildman–Crippen LogP) is 4.20. The third-order valence-corrected chi connectivity index (χ3v) is 5.22. The van der Waals surface area contributed by atoms with Gasteiger partial charge in [0.15, 0.2) is 9.84 Å². The molecule has 0 radical (unpaired) electrons. The summed E-state index contributed by atoms with van der Waals surface area (Å²) in [4.78, 5) is 16.5. The van der Waals surface area contributed by atoms with Crippen LogP contribution in [0, 0.1) is 5.82 Å². The maximum absolute atomic E-state index is 14.5. The standard InChI is InChI=1S/C19H14ClFN2O3S/c1-27(25,26)14-7-5-13(6-8-14)23-19(24)12-4-9-15(17(21)11-12)18-16(20)3-2-10-22-18/h2-11H,1H3,(H,23,24). The first-order chi connectivity index (χ1) is 12.8. The number of halogens is 2. The molecule has 0 bridgehead atoms. The molecule has 0 spiro atoms. The second-order valence-corrected chi connectivity index (χ2v) is 8.20. The second-order valence-electron chi connectivity index (χ2n) is 5.78. The smallest absolute Gasteiger partial charge is 0.255 e. The van der Waals surface area contributed by atoms with Gasteiger partial charge >= 0.3 is 0 Å². The Labute approximate surface area is 160 Å². The molecule has 27 heavy (non-hydrogen) atoms. The average molecular weight is 405 g/mol. The Morgan fingerprint density at radius 3 is 2.41 bits per heavy atom. The molecule has 0 saturated heterocycles. The Balaban J connectivity index is 1.82. The molecule has 0 unspecified atom stereocenters. The molecule has 0 atom stereocenters. The van der Waals surface area contributed by atoms with Gasteiger partial charge in [-0.2, -0.15) is 0 Å². The number of nitrogens with zero attached hydrogens (tertiary/aromatic N) is 1. The SMILES string of the molecule is CS(=O)(=O)c1ccc(NC(=O)c2ccc(-c3ncccc3Cl)c(F)c2)cc1. The van der Waals surface area contributed by atoms with E-state index in [2.05, 4.69) is 10.3 Å². The van der Waals surface area contributed by atoms with E-state index in [9.17, 15) is 17.6 Å². The monoisotopic (exact) mass is 404 g/mol. The molecule has 8 heteroatoms. The number of nitrogens with one attached hydrogen (secondary N) is 1. The van der Waals surface area contributed by atoms with Crippen LogP contribution in [0.5, 0.6) is 0 Å². The highest BCUT2D eigenvalue weighted by atomic mass is 35.5. The molecule has 3 aromatic rings. The van der Waals surface area contributed by atoms with E-state index in [-0.39, 0.29) is 16.0 Å². The number of hydrogen-bond acceptors (Lipinski definition) is 4. The van der Waals surface area contributed by atoms with Gasteiger partial charge in [0, 0.05) is 29.3 Å². The number of benzene rings is 2. The molecule has 0 aliphatic carbocycles. The molecule has 0 fully saturated rings. The van der Waals surface area contributed by atoms with Crippen molar-refractivity contribution in [2.75, 3.05) is 11.6 Å². The van der Waals surface area contributed by atoms with E-state index in [4.69, 9.17) is 11.6 Å². The summed E-state index contributed by atoms with van der Waals surface area (Å²) in [5.74, 6) is -1.16. The number of pyridine rings is 1. The largest absolute Gasteiger partial charge is 0.322 e. The van der Waals surface area contributed by atoms with Crippen LogP contribution in [0.15, 0.2) is 65.7 Å². The van der Waals surface area contributed by atoms with Crippen molar-refractivity contribution in [2.45, 2.75) is 4.90 Å². The molecule has 0 aliphatic heterocycles. The summed E-state index contributed by atoms with van der Waals surface area (Å²) in [6, 6.07) is 12.9. The van der Waals surface area contributed by atoms with Crippen LogP contribution in [0.1, 0.15) is 10.4 Å². The van der Waals surface area contributed by atoms with Gasteiger partial charge in [-0.15, -0.1) is 0 Å². The Morgan fingerprint density at radius 2 is 1.81 bits per heavy atom. The molecule has 1 aromatic heterocycles. The van der Waals surface area contributed by atoms with Gasteiger partial charge in [-0.25, -0.2) is 12.8 Å². The zero-order valence-electron chi connectivity index (χ0n) is 14.1. The van der Waals surface area contributed by atoms with E-state index >= 15 is 0 Å². The molecule has 138 valence electrons. The number of rotatable bonds is 4. The highest BCUT2D eigenvalue weighted by Gasteiger charge is 2.14. The van der Waals surface area contributed by atoms with E-state index in [1.165, 1.54) is 42.6 Å². The first kappa shape index (κ1) is 19.0.